The number of halogens is 1. The summed E-state index contributed by atoms with van der Waals surface area (Å²) in [5.41, 5.74) is -0.360. The van der Waals surface area contributed by atoms with Gasteiger partial charge in [-0.25, -0.2) is 17.5 Å². The molecule has 1 aromatic carbocycles. The van der Waals surface area contributed by atoms with Gasteiger partial charge in [-0.3, -0.25) is 0 Å². The largest absolute Gasteiger partial charge is 0.504 e. The first-order chi connectivity index (χ1) is 8.65. The molecule has 0 saturated carbocycles. The van der Waals surface area contributed by atoms with E-state index in [0.717, 1.165) is 6.07 Å². The number of benzene rings is 1. The number of rotatable bonds is 4. The summed E-state index contributed by atoms with van der Waals surface area (Å²) in [6, 6.07) is 3.73. The normalized spacial score (nSPS) is 12.9. The Bertz CT molecular complexity index is 574. The molecule has 1 rings (SSSR count). The summed E-state index contributed by atoms with van der Waals surface area (Å²) in [6.07, 6.45) is 2.74. The van der Waals surface area contributed by atoms with Gasteiger partial charge in [-0.05, 0) is 39.0 Å². The van der Waals surface area contributed by atoms with E-state index in [2.05, 4.69) is 9.46 Å². The zero-order valence-electron chi connectivity index (χ0n) is 11.4. The molecule has 4 nitrogen and oxygen atoms in total. The van der Waals surface area contributed by atoms with Crippen LogP contribution in [0.2, 0.25) is 0 Å². The quantitative estimate of drug-likeness (QED) is 0.866. The maximum Gasteiger partial charge on any atom is 0.241 e. The summed E-state index contributed by atoms with van der Waals surface area (Å²) in [7, 11) is -2.28. The first kappa shape index (κ1) is 15.7. The van der Waals surface area contributed by atoms with E-state index in [4.69, 9.17) is 0 Å². The number of sulfonamides is 1. The van der Waals surface area contributed by atoms with Gasteiger partial charge in [-0.2, -0.15) is 0 Å². The molecule has 106 valence electrons. The smallest absolute Gasteiger partial charge is 0.241 e. The molecular weight excluding hydrogens is 269 g/mol. The highest BCUT2D eigenvalue weighted by Crippen LogP contribution is 2.17. The molecule has 0 radical (unpaired) electrons. The Labute approximate surface area is 113 Å². The van der Waals surface area contributed by atoms with Crippen molar-refractivity contribution in [3.63, 3.8) is 0 Å². The first-order valence-corrected chi connectivity index (χ1v) is 7.17. The predicted molar refractivity (Wildman–Crippen MR) is 72.5 cm³/mol. The van der Waals surface area contributed by atoms with Crippen LogP contribution in [0.3, 0.4) is 0 Å². The molecule has 1 aromatic rings. The highest BCUT2D eigenvalue weighted by Gasteiger charge is 2.22. The predicted octanol–water partition coefficient (Wildman–Crippen LogP) is 2.52. The Morgan fingerprint density at radius 3 is 2.42 bits per heavy atom. The van der Waals surface area contributed by atoms with Crippen LogP contribution in [0.25, 0.3) is 6.08 Å². The molecule has 0 aliphatic carbocycles. The second-order valence-corrected chi connectivity index (χ2v) is 6.76. The van der Waals surface area contributed by atoms with Crippen LogP contribution in [0.1, 0.15) is 26.3 Å². The minimum atomic E-state index is -3.72. The molecule has 0 fully saturated rings. The fraction of sp³-hybridized carbons (Fsp3) is 0.385. The summed E-state index contributed by atoms with van der Waals surface area (Å²) < 4.78 is 44.9. The average Bonchev–Trinajstić information content (AvgIpc) is 2.24. The molecule has 0 aliphatic heterocycles. The molecule has 0 bridgehead atoms. The molecule has 0 atom stereocenters. The van der Waals surface area contributed by atoms with Crippen molar-refractivity contribution >= 4 is 16.1 Å². The minimum Gasteiger partial charge on any atom is -0.504 e. The third-order valence-corrected chi connectivity index (χ3v) is 3.86. The van der Waals surface area contributed by atoms with Crippen molar-refractivity contribution in [2.45, 2.75) is 31.2 Å². The van der Waals surface area contributed by atoms with Crippen LogP contribution in [0, 0.1) is 5.82 Å². The fourth-order valence-corrected chi connectivity index (χ4v) is 2.84. The van der Waals surface area contributed by atoms with E-state index in [-0.39, 0.29) is 10.5 Å². The summed E-state index contributed by atoms with van der Waals surface area (Å²) in [6.45, 7) is 5.16. The molecule has 0 spiro atoms. The molecular formula is C13H18FNO3S. The van der Waals surface area contributed by atoms with Crippen LogP contribution in [0.5, 0.6) is 0 Å². The molecule has 0 heterocycles. The van der Waals surface area contributed by atoms with Gasteiger partial charge in [0.15, 0.2) is 0 Å². The van der Waals surface area contributed by atoms with Crippen LogP contribution in [-0.4, -0.2) is 21.1 Å². The number of hydrogen-bond donors (Lipinski definition) is 1. The van der Waals surface area contributed by atoms with E-state index in [1.165, 1.54) is 31.6 Å². The van der Waals surface area contributed by atoms with E-state index in [0.29, 0.717) is 0 Å². The maximum atomic E-state index is 13.7. The lowest BCUT2D eigenvalue weighted by Crippen LogP contribution is -2.40. The van der Waals surface area contributed by atoms with Crippen molar-refractivity contribution in [1.82, 2.24) is 4.72 Å². The second-order valence-electron chi connectivity index (χ2n) is 5.08. The van der Waals surface area contributed by atoms with Gasteiger partial charge in [0.25, 0.3) is 0 Å². The summed E-state index contributed by atoms with van der Waals surface area (Å²) >= 11 is 0. The van der Waals surface area contributed by atoms with E-state index in [1.807, 2.05) is 0 Å². The van der Waals surface area contributed by atoms with Crippen LogP contribution >= 0.6 is 0 Å². The van der Waals surface area contributed by atoms with Crippen LogP contribution in [0.15, 0.2) is 29.4 Å². The average molecular weight is 287 g/mol. The molecule has 0 unspecified atom stereocenters. The van der Waals surface area contributed by atoms with Crippen molar-refractivity contribution in [2.24, 2.45) is 0 Å². The number of nitrogens with one attached hydrogen (secondary N) is 1. The van der Waals surface area contributed by atoms with Crippen molar-refractivity contribution in [3.8, 4) is 0 Å². The number of methoxy groups -OCH3 is 1. The van der Waals surface area contributed by atoms with Crippen molar-refractivity contribution in [2.75, 3.05) is 7.11 Å². The Balaban J connectivity index is 3.11. The fourth-order valence-electron chi connectivity index (χ4n) is 1.41. The lowest BCUT2D eigenvalue weighted by molar-refractivity contribution is 0.341. The summed E-state index contributed by atoms with van der Waals surface area (Å²) in [5.74, 6) is -0.620. The Morgan fingerprint density at radius 2 is 1.95 bits per heavy atom. The van der Waals surface area contributed by atoms with E-state index in [9.17, 15) is 12.8 Å². The summed E-state index contributed by atoms with van der Waals surface area (Å²) in [4.78, 5) is -0.102. The third-order valence-electron chi connectivity index (χ3n) is 2.11. The zero-order chi connectivity index (χ0) is 14.7. The van der Waals surface area contributed by atoms with Gasteiger partial charge < -0.3 is 4.74 Å². The monoisotopic (exact) mass is 287 g/mol. The Hall–Kier alpha value is -1.40. The van der Waals surface area contributed by atoms with E-state index in [1.54, 1.807) is 20.8 Å². The van der Waals surface area contributed by atoms with Gasteiger partial charge in [-0.15, -0.1) is 0 Å². The zero-order valence-corrected chi connectivity index (χ0v) is 12.2. The van der Waals surface area contributed by atoms with Crippen LogP contribution in [-0.2, 0) is 14.8 Å². The molecule has 6 heteroatoms. The molecule has 0 saturated heterocycles. The lowest BCUT2D eigenvalue weighted by atomic mass is 10.1. The SMILES string of the molecule is COC=Cc1ccc(S(=O)(=O)NC(C)(C)C)cc1F. The first-order valence-electron chi connectivity index (χ1n) is 5.68. The van der Waals surface area contributed by atoms with Crippen LogP contribution < -0.4 is 4.72 Å². The minimum absolute atomic E-state index is 0.102. The number of hydrogen-bond acceptors (Lipinski definition) is 3. The number of ether oxygens (including phenoxy) is 1. The van der Waals surface area contributed by atoms with E-state index >= 15 is 0 Å². The van der Waals surface area contributed by atoms with Gasteiger partial charge in [-0.1, -0.05) is 6.07 Å². The van der Waals surface area contributed by atoms with Crippen molar-refractivity contribution in [3.05, 3.63) is 35.8 Å². The standard InChI is InChI=1S/C13H18FNO3S/c1-13(2,3)15-19(16,17)11-6-5-10(7-8-18-4)12(14)9-11/h5-9,15H,1-4H3. The van der Waals surface area contributed by atoms with Crippen LogP contribution in [0.4, 0.5) is 4.39 Å². The molecule has 0 amide bonds. The topological polar surface area (TPSA) is 55.4 Å². The highest BCUT2D eigenvalue weighted by molar-refractivity contribution is 7.89. The lowest BCUT2D eigenvalue weighted by Gasteiger charge is -2.20. The molecule has 1 N–H and O–H groups in total. The van der Waals surface area contributed by atoms with E-state index < -0.39 is 21.4 Å². The van der Waals surface area contributed by atoms with Gasteiger partial charge in [0.05, 0.1) is 18.3 Å². The third kappa shape index (κ3) is 4.65. The van der Waals surface area contributed by atoms with Gasteiger partial charge in [0.1, 0.15) is 5.82 Å². The maximum absolute atomic E-state index is 13.7. The van der Waals surface area contributed by atoms with Crippen molar-refractivity contribution in [1.29, 1.82) is 0 Å². The molecule has 0 aliphatic rings. The van der Waals surface area contributed by atoms with Gasteiger partial charge in [0.2, 0.25) is 10.0 Å². The Kier molecular flexibility index (Phi) is 4.70. The molecule has 0 aromatic heterocycles. The van der Waals surface area contributed by atoms with Gasteiger partial charge in [0, 0.05) is 11.1 Å². The second kappa shape index (κ2) is 5.71. The van der Waals surface area contributed by atoms with Crippen molar-refractivity contribution < 1.29 is 17.5 Å². The molecule has 19 heavy (non-hydrogen) atoms. The summed E-state index contributed by atoms with van der Waals surface area (Å²) in [5, 5.41) is 0. The Morgan fingerprint density at radius 1 is 1.32 bits per heavy atom. The van der Waals surface area contributed by atoms with Gasteiger partial charge >= 0.3 is 0 Å². The highest BCUT2D eigenvalue weighted by atomic mass is 32.2.